The molecule has 0 fully saturated rings. The van der Waals surface area contributed by atoms with Crippen LogP contribution in [0.4, 0.5) is 0 Å². The van der Waals surface area contributed by atoms with Gasteiger partial charge in [0.2, 0.25) is 0 Å². The van der Waals surface area contributed by atoms with Gasteiger partial charge in [0.25, 0.3) is 0 Å². The molecule has 0 bridgehead atoms. The zero-order chi connectivity index (χ0) is 13.5. The molecule has 0 radical (unpaired) electrons. The van der Waals surface area contributed by atoms with Crippen molar-refractivity contribution in [2.24, 2.45) is 5.92 Å². The minimum atomic E-state index is -0.417. The summed E-state index contributed by atoms with van der Waals surface area (Å²) in [6.45, 7) is 9.48. The Bertz CT molecular complexity index is 352. The molecule has 18 heavy (non-hydrogen) atoms. The van der Waals surface area contributed by atoms with E-state index in [1.807, 2.05) is 32.0 Å². The van der Waals surface area contributed by atoms with E-state index in [0.717, 1.165) is 12.3 Å². The zero-order valence-corrected chi connectivity index (χ0v) is 11.8. The predicted molar refractivity (Wildman–Crippen MR) is 74.9 cm³/mol. The zero-order valence-electron chi connectivity index (χ0n) is 11.8. The lowest BCUT2D eigenvalue weighted by molar-refractivity contribution is 0.0701. The summed E-state index contributed by atoms with van der Waals surface area (Å²) in [6.07, 6.45) is -0.417. The van der Waals surface area contributed by atoms with Crippen LogP contribution >= 0.6 is 0 Å². The lowest BCUT2D eigenvalue weighted by Crippen LogP contribution is -2.23. The molecule has 1 rings (SSSR count). The fourth-order valence-electron chi connectivity index (χ4n) is 1.67. The quantitative estimate of drug-likeness (QED) is 0.783. The highest BCUT2D eigenvalue weighted by Crippen LogP contribution is 2.19. The smallest absolute Gasteiger partial charge is 0.119 e. The third-order valence-corrected chi connectivity index (χ3v) is 3.06. The largest absolute Gasteiger partial charge is 0.491 e. The molecular weight excluding hydrogens is 226 g/mol. The van der Waals surface area contributed by atoms with E-state index in [2.05, 4.69) is 25.2 Å². The van der Waals surface area contributed by atoms with E-state index in [1.165, 1.54) is 5.56 Å². The Morgan fingerprint density at radius 1 is 1.28 bits per heavy atom. The molecule has 0 amide bonds. The standard InChI is InChI=1S/C15H25NO2/c1-5-16-12(4)13-7-6-8-14(9-13)18-10-15(17)11(2)3/h6-9,11-12,15-17H,5,10H2,1-4H3. The van der Waals surface area contributed by atoms with E-state index in [9.17, 15) is 5.11 Å². The van der Waals surface area contributed by atoms with E-state index in [-0.39, 0.29) is 5.92 Å². The molecule has 2 atom stereocenters. The molecule has 3 heteroatoms. The molecule has 2 N–H and O–H groups in total. The van der Waals surface area contributed by atoms with Crippen molar-refractivity contribution in [2.45, 2.75) is 39.8 Å². The van der Waals surface area contributed by atoms with Crippen molar-refractivity contribution < 1.29 is 9.84 Å². The maximum absolute atomic E-state index is 9.71. The number of aliphatic hydroxyl groups is 1. The van der Waals surface area contributed by atoms with Gasteiger partial charge in [-0.05, 0) is 37.1 Å². The molecule has 0 saturated heterocycles. The molecule has 102 valence electrons. The first kappa shape index (κ1) is 15.0. The first-order valence-corrected chi connectivity index (χ1v) is 6.68. The molecule has 0 aliphatic carbocycles. The number of ether oxygens (including phenoxy) is 1. The van der Waals surface area contributed by atoms with Crippen LogP contribution in [0.1, 0.15) is 39.3 Å². The van der Waals surface area contributed by atoms with E-state index in [1.54, 1.807) is 0 Å². The van der Waals surface area contributed by atoms with Crippen LogP contribution in [-0.4, -0.2) is 24.4 Å². The highest BCUT2D eigenvalue weighted by Gasteiger charge is 2.10. The van der Waals surface area contributed by atoms with Crippen LogP contribution in [-0.2, 0) is 0 Å². The second-order valence-electron chi connectivity index (χ2n) is 4.97. The van der Waals surface area contributed by atoms with Crippen LogP contribution in [0.25, 0.3) is 0 Å². The van der Waals surface area contributed by atoms with Gasteiger partial charge in [-0.1, -0.05) is 32.9 Å². The number of rotatable bonds is 7. The fraction of sp³-hybridized carbons (Fsp3) is 0.600. The molecule has 0 heterocycles. The summed E-state index contributed by atoms with van der Waals surface area (Å²) in [5.41, 5.74) is 1.20. The third-order valence-electron chi connectivity index (χ3n) is 3.06. The fourth-order valence-corrected chi connectivity index (χ4v) is 1.67. The van der Waals surface area contributed by atoms with Crippen molar-refractivity contribution >= 4 is 0 Å². The van der Waals surface area contributed by atoms with Gasteiger partial charge < -0.3 is 15.2 Å². The lowest BCUT2D eigenvalue weighted by Gasteiger charge is -2.17. The van der Waals surface area contributed by atoms with Crippen LogP contribution in [0, 0.1) is 5.92 Å². The van der Waals surface area contributed by atoms with Crippen molar-refractivity contribution in [2.75, 3.05) is 13.2 Å². The molecule has 3 nitrogen and oxygen atoms in total. The predicted octanol–water partition coefficient (Wildman–Crippen LogP) is 2.75. The van der Waals surface area contributed by atoms with Gasteiger partial charge in [0.15, 0.2) is 0 Å². The van der Waals surface area contributed by atoms with Crippen molar-refractivity contribution in [3.63, 3.8) is 0 Å². The normalized spacial score (nSPS) is 14.6. The van der Waals surface area contributed by atoms with Gasteiger partial charge in [-0.15, -0.1) is 0 Å². The summed E-state index contributed by atoms with van der Waals surface area (Å²) in [7, 11) is 0. The second kappa shape index (κ2) is 7.39. The highest BCUT2D eigenvalue weighted by molar-refractivity contribution is 5.30. The minimum Gasteiger partial charge on any atom is -0.491 e. The highest BCUT2D eigenvalue weighted by atomic mass is 16.5. The van der Waals surface area contributed by atoms with Crippen molar-refractivity contribution in [3.8, 4) is 5.75 Å². The average Bonchev–Trinajstić information content (AvgIpc) is 2.36. The Hall–Kier alpha value is -1.06. The Labute approximate surface area is 110 Å². The maximum Gasteiger partial charge on any atom is 0.119 e. The first-order chi connectivity index (χ1) is 8.54. The number of hydrogen-bond acceptors (Lipinski definition) is 3. The molecule has 2 unspecified atom stereocenters. The minimum absolute atomic E-state index is 0.217. The number of nitrogens with one attached hydrogen (secondary N) is 1. The Balaban J connectivity index is 2.59. The number of benzene rings is 1. The molecular formula is C15H25NO2. The van der Waals surface area contributed by atoms with Gasteiger partial charge in [-0.2, -0.15) is 0 Å². The third kappa shape index (κ3) is 4.67. The molecule has 1 aromatic carbocycles. The van der Waals surface area contributed by atoms with Crippen LogP contribution in [0.15, 0.2) is 24.3 Å². The molecule has 0 aliphatic heterocycles. The maximum atomic E-state index is 9.71. The first-order valence-electron chi connectivity index (χ1n) is 6.68. The molecule has 0 spiro atoms. The molecule has 0 saturated carbocycles. The van der Waals surface area contributed by atoms with Crippen molar-refractivity contribution in [1.82, 2.24) is 5.32 Å². The van der Waals surface area contributed by atoms with Gasteiger partial charge >= 0.3 is 0 Å². The summed E-state index contributed by atoms with van der Waals surface area (Å²) >= 11 is 0. The van der Waals surface area contributed by atoms with Gasteiger partial charge in [0, 0.05) is 6.04 Å². The average molecular weight is 251 g/mol. The second-order valence-corrected chi connectivity index (χ2v) is 4.97. The summed E-state index contributed by atoms with van der Waals surface area (Å²) in [5.74, 6) is 1.03. The Morgan fingerprint density at radius 2 is 2.00 bits per heavy atom. The van der Waals surface area contributed by atoms with Gasteiger partial charge in [0.05, 0.1) is 6.10 Å². The van der Waals surface area contributed by atoms with E-state index in [4.69, 9.17) is 4.74 Å². The molecule has 0 aromatic heterocycles. The lowest BCUT2D eigenvalue weighted by atomic mass is 10.1. The number of aliphatic hydroxyl groups excluding tert-OH is 1. The summed E-state index contributed by atoms with van der Waals surface area (Å²) in [5, 5.41) is 13.1. The monoisotopic (exact) mass is 251 g/mol. The Kier molecular flexibility index (Phi) is 6.16. The van der Waals surface area contributed by atoms with Crippen LogP contribution in [0.3, 0.4) is 0 Å². The number of hydrogen-bond donors (Lipinski definition) is 2. The topological polar surface area (TPSA) is 41.5 Å². The van der Waals surface area contributed by atoms with Crippen molar-refractivity contribution in [3.05, 3.63) is 29.8 Å². The van der Waals surface area contributed by atoms with Crippen LogP contribution in [0.5, 0.6) is 5.75 Å². The SMILES string of the molecule is CCNC(C)c1cccc(OCC(O)C(C)C)c1. The summed E-state index contributed by atoms with van der Waals surface area (Å²) < 4.78 is 5.62. The molecule has 1 aromatic rings. The van der Waals surface area contributed by atoms with E-state index >= 15 is 0 Å². The van der Waals surface area contributed by atoms with Crippen LogP contribution < -0.4 is 10.1 Å². The molecule has 0 aliphatic rings. The van der Waals surface area contributed by atoms with Gasteiger partial charge in [0.1, 0.15) is 12.4 Å². The summed E-state index contributed by atoms with van der Waals surface area (Å²) in [4.78, 5) is 0. The van der Waals surface area contributed by atoms with Gasteiger partial charge in [-0.25, -0.2) is 0 Å². The van der Waals surface area contributed by atoms with E-state index in [0.29, 0.717) is 12.6 Å². The summed E-state index contributed by atoms with van der Waals surface area (Å²) in [6, 6.07) is 8.34. The Morgan fingerprint density at radius 3 is 2.61 bits per heavy atom. The van der Waals surface area contributed by atoms with E-state index < -0.39 is 6.10 Å². The van der Waals surface area contributed by atoms with Crippen molar-refractivity contribution in [1.29, 1.82) is 0 Å². The van der Waals surface area contributed by atoms with Gasteiger partial charge in [-0.3, -0.25) is 0 Å². The van der Waals surface area contributed by atoms with Crippen LogP contribution in [0.2, 0.25) is 0 Å².